The number of aromatic carboxylic acids is 1. The van der Waals surface area contributed by atoms with Crippen molar-refractivity contribution in [2.24, 2.45) is 11.7 Å². The summed E-state index contributed by atoms with van der Waals surface area (Å²) in [5, 5.41) is 11.5. The van der Waals surface area contributed by atoms with Gasteiger partial charge in [0.05, 0.1) is 5.56 Å². The number of nitrogens with one attached hydrogen (secondary N) is 1. The number of primary amides is 1. The standard InChI is InChI=1S/C14H18N2O4/c1-7(2)11(12(15)17)16-13(18)9-4-8(3)5-10(6-9)14(19)20/h4-7,11H,1-3H3,(H2,15,17)(H,16,18)(H,19,20). The second-order valence-electron chi connectivity index (χ2n) is 4.99. The summed E-state index contributed by atoms with van der Waals surface area (Å²) < 4.78 is 0. The lowest BCUT2D eigenvalue weighted by Gasteiger charge is -2.19. The molecule has 0 heterocycles. The molecule has 1 aromatic carbocycles. The number of hydrogen-bond donors (Lipinski definition) is 3. The second kappa shape index (κ2) is 6.18. The van der Waals surface area contributed by atoms with E-state index >= 15 is 0 Å². The molecule has 0 aliphatic rings. The molecular formula is C14H18N2O4. The third-order valence-electron chi connectivity index (χ3n) is 2.85. The molecule has 1 rings (SSSR count). The van der Waals surface area contributed by atoms with E-state index in [4.69, 9.17) is 10.8 Å². The van der Waals surface area contributed by atoms with Gasteiger partial charge in [-0.15, -0.1) is 0 Å². The van der Waals surface area contributed by atoms with Gasteiger partial charge in [0.2, 0.25) is 5.91 Å². The van der Waals surface area contributed by atoms with Crippen molar-refractivity contribution < 1.29 is 19.5 Å². The predicted octanol–water partition coefficient (Wildman–Crippen LogP) is 0.933. The first-order valence-corrected chi connectivity index (χ1v) is 6.17. The number of hydrogen-bond acceptors (Lipinski definition) is 3. The van der Waals surface area contributed by atoms with Crippen molar-refractivity contribution >= 4 is 17.8 Å². The Morgan fingerprint density at radius 1 is 1.15 bits per heavy atom. The third kappa shape index (κ3) is 3.81. The van der Waals surface area contributed by atoms with Crippen molar-refractivity contribution in [2.75, 3.05) is 0 Å². The minimum Gasteiger partial charge on any atom is -0.478 e. The average Bonchev–Trinajstić information content (AvgIpc) is 2.33. The maximum atomic E-state index is 12.1. The zero-order valence-electron chi connectivity index (χ0n) is 11.6. The zero-order valence-corrected chi connectivity index (χ0v) is 11.6. The van der Waals surface area contributed by atoms with Gasteiger partial charge in [-0.05, 0) is 36.6 Å². The smallest absolute Gasteiger partial charge is 0.335 e. The summed E-state index contributed by atoms with van der Waals surface area (Å²) in [7, 11) is 0. The monoisotopic (exact) mass is 278 g/mol. The van der Waals surface area contributed by atoms with E-state index in [9.17, 15) is 14.4 Å². The maximum absolute atomic E-state index is 12.1. The molecule has 4 N–H and O–H groups in total. The van der Waals surface area contributed by atoms with Crippen LogP contribution in [0.15, 0.2) is 18.2 Å². The van der Waals surface area contributed by atoms with Gasteiger partial charge in [0, 0.05) is 5.56 Å². The average molecular weight is 278 g/mol. The molecule has 0 spiro atoms. The van der Waals surface area contributed by atoms with Crippen molar-refractivity contribution in [1.82, 2.24) is 5.32 Å². The van der Waals surface area contributed by atoms with Crippen LogP contribution in [0.5, 0.6) is 0 Å². The highest BCUT2D eigenvalue weighted by Gasteiger charge is 2.22. The van der Waals surface area contributed by atoms with Crippen molar-refractivity contribution in [3.05, 3.63) is 34.9 Å². The topological polar surface area (TPSA) is 109 Å². The van der Waals surface area contributed by atoms with Crippen LogP contribution < -0.4 is 11.1 Å². The van der Waals surface area contributed by atoms with Crippen LogP contribution >= 0.6 is 0 Å². The molecule has 0 radical (unpaired) electrons. The molecule has 0 aromatic heterocycles. The van der Waals surface area contributed by atoms with Crippen LogP contribution in [-0.4, -0.2) is 28.9 Å². The van der Waals surface area contributed by atoms with E-state index in [0.717, 1.165) is 0 Å². The molecule has 1 atom stereocenters. The first-order chi connectivity index (χ1) is 9.22. The number of benzene rings is 1. The molecule has 0 saturated carbocycles. The maximum Gasteiger partial charge on any atom is 0.335 e. The lowest BCUT2D eigenvalue weighted by atomic mass is 10.0. The van der Waals surface area contributed by atoms with E-state index in [2.05, 4.69) is 5.32 Å². The van der Waals surface area contributed by atoms with Gasteiger partial charge in [-0.2, -0.15) is 0 Å². The summed E-state index contributed by atoms with van der Waals surface area (Å²) in [6.07, 6.45) is 0. The Labute approximate surface area is 117 Å². The second-order valence-corrected chi connectivity index (χ2v) is 4.99. The molecule has 0 fully saturated rings. The summed E-state index contributed by atoms with van der Waals surface area (Å²) in [5.41, 5.74) is 6.09. The SMILES string of the molecule is Cc1cc(C(=O)O)cc(C(=O)NC(C(N)=O)C(C)C)c1. The Kier molecular flexibility index (Phi) is 4.85. The summed E-state index contributed by atoms with van der Waals surface area (Å²) in [6, 6.07) is 3.49. The van der Waals surface area contributed by atoms with Crippen molar-refractivity contribution in [2.45, 2.75) is 26.8 Å². The fraction of sp³-hybridized carbons (Fsp3) is 0.357. The van der Waals surface area contributed by atoms with Crippen molar-refractivity contribution in [3.8, 4) is 0 Å². The number of carboxylic acid groups (broad SMARTS) is 1. The number of nitrogens with two attached hydrogens (primary N) is 1. The lowest BCUT2D eigenvalue weighted by molar-refractivity contribution is -0.120. The molecule has 1 unspecified atom stereocenters. The fourth-order valence-corrected chi connectivity index (χ4v) is 1.83. The Balaban J connectivity index is 3.03. The van der Waals surface area contributed by atoms with Gasteiger partial charge < -0.3 is 16.2 Å². The van der Waals surface area contributed by atoms with Crippen LogP contribution in [-0.2, 0) is 4.79 Å². The van der Waals surface area contributed by atoms with Crippen LogP contribution in [0.2, 0.25) is 0 Å². The van der Waals surface area contributed by atoms with Crippen LogP contribution in [0.1, 0.15) is 40.1 Å². The molecule has 6 nitrogen and oxygen atoms in total. The molecule has 6 heteroatoms. The molecule has 0 saturated heterocycles. The summed E-state index contributed by atoms with van der Waals surface area (Å²) in [4.78, 5) is 34.3. The molecular weight excluding hydrogens is 260 g/mol. The highest BCUT2D eigenvalue weighted by molar-refractivity contribution is 5.99. The van der Waals surface area contributed by atoms with E-state index in [-0.39, 0.29) is 17.0 Å². The van der Waals surface area contributed by atoms with Gasteiger partial charge in [0.1, 0.15) is 6.04 Å². The van der Waals surface area contributed by atoms with Gasteiger partial charge >= 0.3 is 5.97 Å². The Hall–Kier alpha value is -2.37. The van der Waals surface area contributed by atoms with Gasteiger partial charge in [-0.1, -0.05) is 13.8 Å². The Bertz CT molecular complexity index is 552. The Morgan fingerprint density at radius 2 is 1.70 bits per heavy atom. The molecule has 20 heavy (non-hydrogen) atoms. The molecule has 108 valence electrons. The lowest BCUT2D eigenvalue weighted by Crippen LogP contribution is -2.47. The number of amides is 2. The van der Waals surface area contributed by atoms with E-state index < -0.39 is 23.8 Å². The molecule has 2 amide bonds. The first kappa shape index (κ1) is 15.7. The highest BCUT2D eigenvalue weighted by atomic mass is 16.4. The minimum atomic E-state index is -1.11. The molecule has 0 aliphatic heterocycles. The van der Waals surface area contributed by atoms with E-state index in [1.807, 2.05) is 0 Å². The molecule has 0 bridgehead atoms. The number of rotatable bonds is 5. The largest absolute Gasteiger partial charge is 0.478 e. The summed E-state index contributed by atoms with van der Waals surface area (Å²) in [5.74, 6) is -2.41. The molecule has 0 aliphatic carbocycles. The first-order valence-electron chi connectivity index (χ1n) is 6.17. The number of carboxylic acids is 1. The van der Waals surface area contributed by atoms with Gasteiger partial charge in [-0.3, -0.25) is 9.59 Å². The zero-order chi connectivity index (χ0) is 15.4. The van der Waals surface area contributed by atoms with Crippen LogP contribution in [0.3, 0.4) is 0 Å². The Morgan fingerprint density at radius 3 is 2.15 bits per heavy atom. The van der Waals surface area contributed by atoms with E-state index in [1.165, 1.54) is 12.1 Å². The van der Waals surface area contributed by atoms with Crippen LogP contribution in [0.4, 0.5) is 0 Å². The van der Waals surface area contributed by atoms with Crippen LogP contribution in [0, 0.1) is 12.8 Å². The normalized spacial score (nSPS) is 12.0. The van der Waals surface area contributed by atoms with Gasteiger partial charge in [0.15, 0.2) is 0 Å². The fourth-order valence-electron chi connectivity index (χ4n) is 1.83. The quantitative estimate of drug-likeness (QED) is 0.744. The summed E-state index contributed by atoms with van der Waals surface area (Å²) >= 11 is 0. The van der Waals surface area contributed by atoms with Crippen LogP contribution in [0.25, 0.3) is 0 Å². The van der Waals surface area contributed by atoms with Crippen molar-refractivity contribution in [3.63, 3.8) is 0 Å². The van der Waals surface area contributed by atoms with Gasteiger partial charge in [-0.25, -0.2) is 4.79 Å². The van der Waals surface area contributed by atoms with E-state index in [1.54, 1.807) is 26.8 Å². The third-order valence-corrected chi connectivity index (χ3v) is 2.85. The highest BCUT2D eigenvalue weighted by Crippen LogP contribution is 2.11. The van der Waals surface area contributed by atoms with E-state index in [0.29, 0.717) is 5.56 Å². The number of aryl methyl sites for hydroxylation is 1. The minimum absolute atomic E-state index is 0.0234. The number of carbonyl (C=O) groups is 3. The van der Waals surface area contributed by atoms with Crippen molar-refractivity contribution in [1.29, 1.82) is 0 Å². The number of carbonyl (C=O) groups excluding carboxylic acids is 2. The van der Waals surface area contributed by atoms with Gasteiger partial charge in [0.25, 0.3) is 5.91 Å². The molecule has 1 aromatic rings. The predicted molar refractivity (Wildman–Crippen MR) is 73.4 cm³/mol. The summed E-state index contributed by atoms with van der Waals surface area (Å²) in [6.45, 7) is 5.21.